The van der Waals surface area contributed by atoms with Crippen molar-refractivity contribution in [2.24, 2.45) is 11.3 Å². The molecular formula is C15H24O. The Bertz CT molecular complexity index is 307. The minimum Gasteiger partial charge on any atom is -0.303 e. The van der Waals surface area contributed by atoms with Gasteiger partial charge in [0, 0.05) is 5.41 Å². The fraction of sp³-hybridized carbons (Fsp3) is 0.667. The van der Waals surface area contributed by atoms with E-state index in [1.807, 2.05) is 0 Å². The van der Waals surface area contributed by atoms with Crippen molar-refractivity contribution < 1.29 is 4.79 Å². The summed E-state index contributed by atoms with van der Waals surface area (Å²) in [4.78, 5) is 11.1. The Morgan fingerprint density at radius 3 is 2.75 bits per heavy atom. The molecule has 2 atom stereocenters. The van der Waals surface area contributed by atoms with Gasteiger partial charge in [-0.25, -0.2) is 0 Å². The lowest BCUT2D eigenvalue weighted by Gasteiger charge is -2.34. The van der Waals surface area contributed by atoms with Crippen molar-refractivity contribution in [1.29, 1.82) is 0 Å². The number of aldehydes is 1. The lowest BCUT2D eigenvalue weighted by molar-refractivity contribution is -0.117. The Balaban J connectivity index is 2.54. The number of allylic oxidation sites excluding steroid dienone is 4. The molecule has 0 radical (unpaired) electrons. The molecule has 0 aromatic rings. The molecule has 0 saturated heterocycles. The zero-order valence-corrected chi connectivity index (χ0v) is 11.0. The summed E-state index contributed by atoms with van der Waals surface area (Å²) in [6, 6.07) is 0. The van der Waals surface area contributed by atoms with Crippen LogP contribution in [0.5, 0.6) is 0 Å². The van der Waals surface area contributed by atoms with Gasteiger partial charge in [0.05, 0.1) is 0 Å². The first kappa shape index (κ1) is 13.2. The van der Waals surface area contributed by atoms with Gasteiger partial charge in [0.2, 0.25) is 0 Å². The summed E-state index contributed by atoms with van der Waals surface area (Å²) in [7, 11) is 0. The molecule has 90 valence electrons. The highest BCUT2D eigenvalue weighted by Gasteiger charge is 2.33. The average Bonchev–Trinajstić information content (AvgIpc) is 2.23. The molecular weight excluding hydrogens is 196 g/mol. The highest BCUT2D eigenvalue weighted by molar-refractivity contribution is 5.60. The summed E-state index contributed by atoms with van der Waals surface area (Å²) in [5, 5.41) is 0. The van der Waals surface area contributed by atoms with Crippen molar-refractivity contribution in [3.8, 4) is 0 Å². The van der Waals surface area contributed by atoms with Crippen molar-refractivity contribution >= 4 is 6.29 Å². The summed E-state index contributed by atoms with van der Waals surface area (Å²) < 4.78 is 0. The first-order chi connectivity index (χ1) is 7.48. The number of carbonyl (C=O) groups excluding carboxylic acids is 1. The van der Waals surface area contributed by atoms with Gasteiger partial charge in [-0.2, -0.15) is 0 Å². The maximum Gasteiger partial charge on any atom is 0.126 e. The van der Waals surface area contributed by atoms with E-state index in [9.17, 15) is 4.79 Å². The van der Waals surface area contributed by atoms with Crippen molar-refractivity contribution in [2.75, 3.05) is 0 Å². The average molecular weight is 220 g/mol. The van der Waals surface area contributed by atoms with Crippen LogP contribution in [0.2, 0.25) is 0 Å². The van der Waals surface area contributed by atoms with Gasteiger partial charge < -0.3 is 4.79 Å². The molecule has 0 bridgehead atoms. The van der Waals surface area contributed by atoms with Crippen LogP contribution in [0.4, 0.5) is 0 Å². The molecule has 1 aliphatic carbocycles. The van der Waals surface area contributed by atoms with E-state index in [0.717, 1.165) is 32.0 Å². The van der Waals surface area contributed by atoms with Crippen LogP contribution in [-0.4, -0.2) is 6.29 Å². The molecule has 1 nitrogen and oxygen atoms in total. The molecule has 0 spiro atoms. The van der Waals surface area contributed by atoms with Gasteiger partial charge in [-0.3, -0.25) is 0 Å². The van der Waals surface area contributed by atoms with Gasteiger partial charge in [0.25, 0.3) is 0 Å². The highest BCUT2D eigenvalue weighted by atomic mass is 16.1. The molecule has 1 aliphatic rings. The van der Waals surface area contributed by atoms with E-state index in [4.69, 9.17) is 0 Å². The van der Waals surface area contributed by atoms with E-state index < -0.39 is 0 Å². The minimum atomic E-state index is -0.125. The fourth-order valence-corrected chi connectivity index (χ4v) is 2.19. The number of hydrogen-bond acceptors (Lipinski definition) is 1. The molecule has 0 amide bonds. The first-order valence-corrected chi connectivity index (χ1v) is 6.25. The Kier molecular flexibility index (Phi) is 4.52. The summed E-state index contributed by atoms with van der Waals surface area (Å²) >= 11 is 0. The summed E-state index contributed by atoms with van der Waals surface area (Å²) in [5.74, 6) is 0.483. The predicted octanol–water partition coefficient (Wildman–Crippen LogP) is 4.29. The van der Waals surface area contributed by atoms with Gasteiger partial charge in [0.15, 0.2) is 0 Å². The molecule has 0 fully saturated rings. The maximum atomic E-state index is 11.1. The molecule has 1 rings (SSSR count). The molecule has 2 unspecified atom stereocenters. The van der Waals surface area contributed by atoms with Crippen LogP contribution in [0, 0.1) is 11.3 Å². The standard InChI is InChI=1S/C15H24O/c1-12(2)6-5-7-14-8-9-15(4,11-16)13(3)10-14/h6,8,11,13H,5,7,9-10H2,1-4H3. The van der Waals surface area contributed by atoms with Gasteiger partial charge in [0.1, 0.15) is 6.29 Å². The van der Waals surface area contributed by atoms with Crippen molar-refractivity contribution in [3.05, 3.63) is 23.3 Å². The smallest absolute Gasteiger partial charge is 0.126 e. The quantitative estimate of drug-likeness (QED) is 0.510. The van der Waals surface area contributed by atoms with Gasteiger partial charge in [-0.1, -0.05) is 37.1 Å². The monoisotopic (exact) mass is 220 g/mol. The molecule has 0 aliphatic heterocycles. The van der Waals surface area contributed by atoms with Gasteiger partial charge in [-0.15, -0.1) is 0 Å². The maximum absolute atomic E-state index is 11.1. The minimum absolute atomic E-state index is 0.125. The van der Waals surface area contributed by atoms with Crippen molar-refractivity contribution in [1.82, 2.24) is 0 Å². The molecule has 0 N–H and O–H groups in total. The van der Waals surface area contributed by atoms with E-state index in [1.165, 1.54) is 11.1 Å². The van der Waals surface area contributed by atoms with Gasteiger partial charge >= 0.3 is 0 Å². The first-order valence-electron chi connectivity index (χ1n) is 6.25. The lowest BCUT2D eigenvalue weighted by atomic mass is 9.69. The number of rotatable bonds is 4. The summed E-state index contributed by atoms with van der Waals surface area (Å²) in [5.41, 5.74) is 2.80. The Hall–Kier alpha value is -0.850. The summed E-state index contributed by atoms with van der Waals surface area (Å²) in [6.45, 7) is 8.55. The molecule has 0 aromatic heterocycles. The van der Waals surface area contributed by atoms with Crippen LogP contribution in [0.15, 0.2) is 23.3 Å². The van der Waals surface area contributed by atoms with E-state index in [-0.39, 0.29) is 5.41 Å². The Morgan fingerprint density at radius 1 is 1.56 bits per heavy atom. The third-order valence-electron chi connectivity index (χ3n) is 3.81. The third-order valence-corrected chi connectivity index (χ3v) is 3.81. The molecule has 1 heteroatoms. The second-order valence-corrected chi connectivity index (χ2v) is 5.62. The van der Waals surface area contributed by atoms with E-state index in [0.29, 0.717) is 5.92 Å². The number of hydrogen-bond donors (Lipinski definition) is 0. The van der Waals surface area contributed by atoms with Crippen LogP contribution in [0.1, 0.15) is 53.4 Å². The van der Waals surface area contributed by atoms with Gasteiger partial charge in [-0.05, 0) is 45.4 Å². The predicted molar refractivity (Wildman–Crippen MR) is 69.3 cm³/mol. The largest absolute Gasteiger partial charge is 0.303 e. The second kappa shape index (κ2) is 5.47. The second-order valence-electron chi connectivity index (χ2n) is 5.62. The van der Waals surface area contributed by atoms with Crippen molar-refractivity contribution in [3.63, 3.8) is 0 Å². The van der Waals surface area contributed by atoms with Crippen LogP contribution in [0.25, 0.3) is 0 Å². The molecule has 16 heavy (non-hydrogen) atoms. The molecule has 0 saturated carbocycles. The van der Waals surface area contributed by atoms with Crippen LogP contribution in [0.3, 0.4) is 0 Å². The Labute approximate surface area is 99.6 Å². The van der Waals surface area contributed by atoms with E-state index in [1.54, 1.807) is 0 Å². The normalized spacial score (nSPS) is 29.5. The van der Waals surface area contributed by atoms with E-state index in [2.05, 4.69) is 39.8 Å². The fourth-order valence-electron chi connectivity index (χ4n) is 2.19. The Morgan fingerprint density at radius 2 is 2.25 bits per heavy atom. The topological polar surface area (TPSA) is 17.1 Å². The third kappa shape index (κ3) is 3.33. The lowest BCUT2D eigenvalue weighted by Crippen LogP contribution is -2.29. The zero-order valence-electron chi connectivity index (χ0n) is 11.0. The SMILES string of the molecule is CC(C)=CCCC1=CCC(C)(C=O)C(C)C1. The number of carbonyl (C=O) groups is 1. The van der Waals surface area contributed by atoms with Crippen LogP contribution >= 0.6 is 0 Å². The van der Waals surface area contributed by atoms with Crippen molar-refractivity contribution in [2.45, 2.75) is 53.4 Å². The zero-order chi connectivity index (χ0) is 12.2. The van der Waals surface area contributed by atoms with Crippen LogP contribution < -0.4 is 0 Å². The van der Waals surface area contributed by atoms with Crippen LogP contribution in [-0.2, 0) is 4.79 Å². The molecule has 0 aromatic carbocycles. The highest BCUT2D eigenvalue weighted by Crippen LogP contribution is 2.39. The molecule has 0 heterocycles. The summed E-state index contributed by atoms with van der Waals surface area (Å²) in [6.07, 6.45) is 10.0. The van der Waals surface area contributed by atoms with E-state index >= 15 is 0 Å².